The van der Waals surface area contributed by atoms with Gasteiger partial charge in [-0.25, -0.2) is 4.79 Å². The molecule has 6 heteroatoms. The van der Waals surface area contributed by atoms with Crippen LogP contribution in [0.25, 0.3) is 11.1 Å². The number of nitrogens with one attached hydrogen (secondary N) is 1. The van der Waals surface area contributed by atoms with Gasteiger partial charge in [0.05, 0.1) is 5.56 Å². The first-order chi connectivity index (χ1) is 18.5. The Kier molecular flexibility index (Phi) is 6.48. The van der Waals surface area contributed by atoms with Crippen LogP contribution in [0.3, 0.4) is 0 Å². The zero-order valence-electron chi connectivity index (χ0n) is 21.4. The van der Waals surface area contributed by atoms with E-state index in [4.69, 9.17) is 0 Å². The molecule has 6 nitrogen and oxygen atoms in total. The highest BCUT2D eigenvalue weighted by Gasteiger charge is 2.43. The number of hydrogen-bond donors (Lipinski definition) is 2. The summed E-state index contributed by atoms with van der Waals surface area (Å²) in [7, 11) is 0. The minimum absolute atomic E-state index is 0.00266. The highest BCUT2D eigenvalue weighted by molar-refractivity contribution is 5.90. The van der Waals surface area contributed by atoms with Crippen LogP contribution in [0.5, 0.6) is 0 Å². The molecule has 2 unspecified atom stereocenters. The molecule has 1 heterocycles. The second kappa shape index (κ2) is 10.1. The number of carboxylic acids is 1. The molecule has 3 aromatic carbocycles. The van der Waals surface area contributed by atoms with E-state index in [9.17, 15) is 19.5 Å². The summed E-state index contributed by atoms with van der Waals surface area (Å²) in [5.74, 6) is 0.139. The van der Waals surface area contributed by atoms with Crippen LogP contribution in [0.4, 0.5) is 0 Å². The van der Waals surface area contributed by atoms with E-state index in [1.54, 1.807) is 18.2 Å². The molecule has 0 aromatic heterocycles. The third-order valence-corrected chi connectivity index (χ3v) is 8.25. The molecule has 194 valence electrons. The summed E-state index contributed by atoms with van der Waals surface area (Å²) in [4.78, 5) is 39.5. The monoisotopic (exact) mass is 508 g/mol. The number of amides is 2. The van der Waals surface area contributed by atoms with Gasteiger partial charge in [-0.15, -0.1) is 0 Å². The zero-order valence-corrected chi connectivity index (χ0v) is 21.4. The van der Waals surface area contributed by atoms with Crippen LogP contribution >= 0.6 is 0 Å². The van der Waals surface area contributed by atoms with Crippen molar-refractivity contribution in [2.24, 2.45) is 11.8 Å². The smallest absolute Gasteiger partial charge is 0.335 e. The standard InChI is InChI=1S/C32H32N2O4/c35-30(15-20-9-10-20)34-14-13-26-25(22-7-4-8-23(16-22)32(37)38)12-11-24(29(26)19-34)18-33-31(36)28-17-27(28)21-5-2-1-3-6-21/h1-8,11-12,16,20,27-28H,9-10,13-15,17-19H2,(H,33,36)(H,37,38). The average molecular weight is 509 g/mol. The number of carbonyl (C=O) groups excluding carboxylic acids is 2. The first-order valence-corrected chi connectivity index (χ1v) is 13.6. The van der Waals surface area contributed by atoms with E-state index in [0.29, 0.717) is 38.4 Å². The summed E-state index contributed by atoms with van der Waals surface area (Å²) >= 11 is 0. The Morgan fingerprint density at radius 3 is 2.53 bits per heavy atom. The van der Waals surface area contributed by atoms with E-state index in [1.165, 1.54) is 5.56 Å². The minimum atomic E-state index is -0.953. The molecule has 1 aliphatic heterocycles. The molecule has 2 amide bonds. The zero-order chi connectivity index (χ0) is 26.2. The van der Waals surface area contributed by atoms with Gasteiger partial charge in [-0.05, 0) is 83.0 Å². The van der Waals surface area contributed by atoms with Gasteiger partial charge < -0.3 is 15.3 Å². The SMILES string of the molecule is O=C(O)c1cccc(-c2ccc(CNC(=O)C3CC3c3ccccc3)c3c2CCN(C(=O)CC2CC2)C3)c1. The molecule has 2 atom stereocenters. The summed E-state index contributed by atoms with van der Waals surface area (Å²) < 4.78 is 0. The number of carboxylic acid groups (broad SMARTS) is 1. The molecule has 3 aromatic rings. The molecule has 0 bridgehead atoms. The van der Waals surface area contributed by atoms with Gasteiger partial charge in [-0.2, -0.15) is 0 Å². The van der Waals surface area contributed by atoms with Crippen LogP contribution in [0.2, 0.25) is 0 Å². The van der Waals surface area contributed by atoms with Gasteiger partial charge in [-0.3, -0.25) is 9.59 Å². The second-order valence-corrected chi connectivity index (χ2v) is 10.9. The lowest BCUT2D eigenvalue weighted by molar-refractivity contribution is -0.132. The summed E-state index contributed by atoms with van der Waals surface area (Å²) in [6.45, 7) is 1.59. The minimum Gasteiger partial charge on any atom is -0.478 e. The normalized spacial score (nSPS) is 19.9. The lowest BCUT2D eigenvalue weighted by Gasteiger charge is -2.32. The van der Waals surface area contributed by atoms with Gasteiger partial charge in [0.25, 0.3) is 0 Å². The first kappa shape index (κ1) is 24.4. The van der Waals surface area contributed by atoms with Crippen LogP contribution in [-0.2, 0) is 29.1 Å². The maximum atomic E-state index is 13.0. The summed E-state index contributed by atoms with van der Waals surface area (Å²) in [5.41, 5.74) is 6.56. The predicted octanol–water partition coefficient (Wildman–Crippen LogP) is 5.16. The van der Waals surface area contributed by atoms with Gasteiger partial charge >= 0.3 is 5.97 Å². The van der Waals surface area contributed by atoms with Crippen molar-refractivity contribution in [2.75, 3.05) is 6.54 Å². The molecule has 2 saturated carbocycles. The Morgan fingerprint density at radius 1 is 0.947 bits per heavy atom. The molecule has 6 rings (SSSR count). The number of carbonyl (C=O) groups is 3. The Balaban J connectivity index is 1.24. The van der Waals surface area contributed by atoms with Crippen molar-refractivity contribution in [3.63, 3.8) is 0 Å². The maximum absolute atomic E-state index is 13.0. The molecule has 0 saturated heterocycles. The lowest BCUT2D eigenvalue weighted by atomic mass is 9.87. The van der Waals surface area contributed by atoms with E-state index < -0.39 is 5.97 Å². The quantitative estimate of drug-likeness (QED) is 0.440. The van der Waals surface area contributed by atoms with Gasteiger partial charge in [-0.1, -0.05) is 54.6 Å². The molecule has 2 fully saturated rings. The molecule has 0 radical (unpaired) electrons. The third-order valence-electron chi connectivity index (χ3n) is 8.25. The summed E-state index contributed by atoms with van der Waals surface area (Å²) in [6, 6.07) is 21.3. The van der Waals surface area contributed by atoms with Gasteiger partial charge in [0.15, 0.2) is 0 Å². The van der Waals surface area contributed by atoms with Crippen molar-refractivity contribution in [3.05, 3.63) is 94.5 Å². The lowest BCUT2D eigenvalue weighted by Crippen LogP contribution is -2.37. The van der Waals surface area contributed by atoms with E-state index in [-0.39, 0.29) is 29.2 Å². The van der Waals surface area contributed by atoms with Crippen molar-refractivity contribution in [3.8, 4) is 11.1 Å². The Labute approximate surface area is 222 Å². The number of hydrogen-bond acceptors (Lipinski definition) is 3. The molecular weight excluding hydrogens is 476 g/mol. The number of aromatic carboxylic acids is 1. The number of rotatable bonds is 8. The van der Waals surface area contributed by atoms with E-state index >= 15 is 0 Å². The largest absolute Gasteiger partial charge is 0.478 e. The fourth-order valence-corrected chi connectivity index (χ4v) is 5.77. The molecule has 0 spiro atoms. The average Bonchev–Trinajstić information content (AvgIpc) is 3.87. The van der Waals surface area contributed by atoms with Crippen molar-refractivity contribution < 1.29 is 19.5 Å². The molecular formula is C32H32N2O4. The van der Waals surface area contributed by atoms with Gasteiger partial charge in [0.2, 0.25) is 11.8 Å². The molecule has 3 aliphatic rings. The Hall–Kier alpha value is -3.93. The van der Waals surface area contributed by atoms with Crippen molar-refractivity contribution in [1.29, 1.82) is 0 Å². The van der Waals surface area contributed by atoms with E-state index in [0.717, 1.165) is 47.1 Å². The molecule has 38 heavy (non-hydrogen) atoms. The van der Waals surface area contributed by atoms with Gasteiger partial charge in [0, 0.05) is 32.0 Å². The third kappa shape index (κ3) is 5.08. The van der Waals surface area contributed by atoms with Crippen LogP contribution in [0.1, 0.15) is 64.2 Å². The molecule has 2 aliphatic carbocycles. The van der Waals surface area contributed by atoms with Crippen LogP contribution in [0.15, 0.2) is 66.7 Å². The number of fused-ring (bicyclic) bond motifs is 1. The Morgan fingerprint density at radius 2 is 1.76 bits per heavy atom. The van der Waals surface area contributed by atoms with E-state index in [1.807, 2.05) is 41.3 Å². The highest BCUT2D eigenvalue weighted by Crippen LogP contribution is 2.47. The van der Waals surface area contributed by atoms with Crippen molar-refractivity contribution in [1.82, 2.24) is 10.2 Å². The topological polar surface area (TPSA) is 86.7 Å². The summed E-state index contributed by atoms with van der Waals surface area (Å²) in [6.07, 6.45) is 4.48. The maximum Gasteiger partial charge on any atom is 0.335 e. The number of nitrogens with zero attached hydrogens (tertiary/aromatic N) is 1. The fraction of sp³-hybridized carbons (Fsp3) is 0.344. The number of benzene rings is 3. The van der Waals surface area contributed by atoms with E-state index in [2.05, 4.69) is 17.4 Å². The summed E-state index contributed by atoms with van der Waals surface area (Å²) in [5, 5.41) is 12.7. The fourth-order valence-electron chi connectivity index (χ4n) is 5.77. The highest BCUT2D eigenvalue weighted by atomic mass is 16.4. The van der Waals surface area contributed by atoms with Crippen molar-refractivity contribution >= 4 is 17.8 Å². The van der Waals surface area contributed by atoms with Crippen LogP contribution < -0.4 is 5.32 Å². The van der Waals surface area contributed by atoms with Crippen LogP contribution in [-0.4, -0.2) is 34.3 Å². The Bertz CT molecular complexity index is 1400. The van der Waals surface area contributed by atoms with Gasteiger partial charge in [0.1, 0.15) is 0 Å². The molecule has 2 N–H and O–H groups in total. The second-order valence-electron chi connectivity index (χ2n) is 10.9. The predicted molar refractivity (Wildman–Crippen MR) is 144 cm³/mol. The van der Waals surface area contributed by atoms with Crippen molar-refractivity contribution in [2.45, 2.75) is 51.1 Å². The van der Waals surface area contributed by atoms with Crippen LogP contribution in [0, 0.1) is 11.8 Å². The first-order valence-electron chi connectivity index (χ1n) is 13.6.